The van der Waals surface area contributed by atoms with Gasteiger partial charge in [0.15, 0.2) is 5.82 Å². The summed E-state index contributed by atoms with van der Waals surface area (Å²) in [7, 11) is 0. The quantitative estimate of drug-likeness (QED) is 0.280. The van der Waals surface area contributed by atoms with E-state index in [1.807, 2.05) is 36.4 Å². The lowest BCUT2D eigenvalue weighted by Crippen LogP contribution is -2.16. The fourth-order valence-electron chi connectivity index (χ4n) is 3.54. The predicted molar refractivity (Wildman–Crippen MR) is 136 cm³/mol. The molecule has 0 saturated carbocycles. The summed E-state index contributed by atoms with van der Waals surface area (Å²) in [4.78, 5) is 24.3. The molecule has 11 heteroatoms. The van der Waals surface area contributed by atoms with Crippen LogP contribution in [0.1, 0.15) is 34.7 Å². The molecular weight excluding hydrogens is 498 g/mol. The van der Waals surface area contributed by atoms with Crippen LogP contribution in [0.2, 0.25) is 0 Å². The minimum atomic E-state index is -0.764. The molecule has 0 bridgehead atoms. The number of hydrogen-bond donors (Lipinski definition) is 2. The van der Waals surface area contributed by atoms with Crippen molar-refractivity contribution in [3.8, 4) is 0 Å². The second kappa shape index (κ2) is 12.7. The third-order valence-corrected chi connectivity index (χ3v) is 6.28. The van der Waals surface area contributed by atoms with Crippen LogP contribution in [-0.4, -0.2) is 32.2 Å². The molecule has 0 atom stereocenters. The third-order valence-electron chi connectivity index (χ3n) is 5.38. The zero-order chi connectivity index (χ0) is 26.0. The molecule has 8 nitrogen and oxygen atoms in total. The highest BCUT2D eigenvalue weighted by Gasteiger charge is 2.15. The lowest BCUT2D eigenvalue weighted by Gasteiger charge is -2.05. The van der Waals surface area contributed by atoms with Crippen LogP contribution in [0, 0.1) is 11.6 Å². The Hall–Kier alpha value is -4.12. The molecule has 2 amide bonds. The fourth-order valence-corrected chi connectivity index (χ4v) is 4.34. The molecule has 0 aliphatic carbocycles. The number of nitrogens with zero attached hydrogens (tertiary/aromatic N) is 4. The van der Waals surface area contributed by atoms with E-state index in [-0.39, 0.29) is 23.0 Å². The normalized spacial score (nSPS) is 10.8. The molecule has 37 heavy (non-hydrogen) atoms. The largest absolute Gasteiger partial charge is 0.309 e. The van der Waals surface area contributed by atoms with E-state index in [0.717, 1.165) is 41.2 Å². The second-order valence-corrected chi connectivity index (χ2v) is 9.32. The van der Waals surface area contributed by atoms with E-state index in [2.05, 4.69) is 31.0 Å². The molecule has 0 aliphatic heterocycles. The van der Waals surface area contributed by atoms with Gasteiger partial charge in [0.1, 0.15) is 16.6 Å². The first-order valence-corrected chi connectivity index (χ1v) is 12.5. The van der Waals surface area contributed by atoms with Crippen molar-refractivity contribution in [1.82, 2.24) is 20.4 Å². The number of amides is 2. The summed E-state index contributed by atoms with van der Waals surface area (Å²) in [5, 5.41) is 22.6. The van der Waals surface area contributed by atoms with Crippen molar-refractivity contribution in [1.29, 1.82) is 0 Å². The Labute approximate surface area is 216 Å². The van der Waals surface area contributed by atoms with Gasteiger partial charge in [-0.2, -0.15) is 5.10 Å². The molecule has 190 valence electrons. The first kappa shape index (κ1) is 26.0. The molecule has 2 aromatic carbocycles. The molecule has 4 rings (SSSR count). The summed E-state index contributed by atoms with van der Waals surface area (Å²) >= 11 is 1.22. The van der Waals surface area contributed by atoms with Gasteiger partial charge < -0.3 is 10.6 Å². The number of rotatable bonds is 11. The van der Waals surface area contributed by atoms with Gasteiger partial charge in [-0.05, 0) is 49.1 Å². The lowest BCUT2D eigenvalue weighted by molar-refractivity contribution is -0.116. The highest BCUT2D eigenvalue weighted by atomic mass is 32.1. The predicted octanol–water partition coefficient (Wildman–Crippen LogP) is 4.53. The van der Waals surface area contributed by atoms with Crippen molar-refractivity contribution in [2.45, 2.75) is 38.5 Å². The Morgan fingerprint density at radius 2 is 1.46 bits per heavy atom. The van der Waals surface area contributed by atoms with Crippen LogP contribution >= 0.6 is 11.3 Å². The number of carbonyl (C=O) groups is 2. The number of halogens is 2. The van der Waals surface area contributed by atoms with Gasteiger partial charge in [0, 0.05) is 12.0 Å². The number of hydrogen-bond acceptors (Lipinski definition) is 7. The Morgan fingerprint density at radius 1 is 0.730 bits per heavy atom. The molecule has 0 spiro atoms. The molecular formula is C26H24F2N6O2S. The molecule has 0 aliphatic rings. The van der Waals surface area contributed by atoms with Gasteiger partial charge in [0.05, 0.1) is 18.5 Å². The summed E-state index contributed by atoms with van der Waals surface area (Å²) in [5.74, 6) is -1.84. The first-order chi connectivity index (χ1) is 18.0. The van der Waals surface area contributed by atoms with Gasteiger partial charge in [0.2, 0.25) is 16.9 Å². The lowest BCUT2D eigenvalue weighted by atomic mass is 10.1. The van der Waals surface area contributed by atoms with Crippen LogP contribution in [-0.2, 0) is 35.3 Å². The van der Waals surface area contributed by atoms with Crippen molar-refractivity contribution < 1.29 is 18.4 Å². The van der Waals surface area contributed by atoms with Crippen LogP contribution in [0.25, 0.3) is 0 Å². The molecule has 0 radical (unpaired) electrons. The van der Waals surface area contributed by atoms with Crippen LogP contribution in [0.4, 0.5) is 19.7 Å². The van der Waals surface area contributed by atoms with E-state index >= 15 is 0 Å². The number of benzene rings is 2. The summed E-state index contributed by atoms with van der Waals surface area (Å²) in [6, 6.07) is 16.5. The number of anilines is 2. The van der Waals surface area contributed by atoms with Gasteiger partial charge in [-0.15, -0.1) is 15.3 Å². The van der Waals surface area contributed by atoms with Gasteiger partial charge in [0.25, 0.3) is 0 Å². The molecule has 0 unspecified atom stereocenters. The maximum Gasteiger partial charge on any atom is 0.230 e. The Bertz CT molecular complexity index is 1330. The summed E-state index contributed by atoms with van der Waals surface area (Å²) in [6.07, 6.45) is 2.87. The van der Waals surface area contributed by atoms with Gasteiger partial charge in [-0.25, -0.2) is 8.78 Å². The molecule has 2 aromatic heterocycles. The van der Waals surface area contributed by atoms with Crippen molar-refractivity contribution in [2.75, 3.05) is 10.6 Å². The van der Waals surface area contributed by atoms with Crippen molar-refractivity contribution in [3.63, 3.8) is 0 Å². The SMILES string of the molecule is O=C(Cc1ccccc1)Nc1ccc(CCCCc2nnc(NC(=O)Cc3c(F)cccc3F)s2)nn1. The molecule has 0 saturated heterocycles. The number of aryl methyl sites for hydroxylation is 2. The topological polar surface area (TPSA) is 110 Å². The maximum atomic E-state index is 13.7. The first-order valence-electron chi connectivity index (χ1n) is 11.7. The third kappa shape index (κ3) is 7.94. The van der Waals surface area contributed by atoms with Gasteiger partial charge in [-0.3, -0.25) is 9.59 Å². The van der Waals surface area contributed by atoms with Crippen LogP contribution < -0.4 is 10.6 Å². The smallest absolute Gasteiger partial charge is 0.230 e. The summed E-state index contributed by atoms with van der Waals surface area (Å²) in [5.41, 5.74) is 1.45. The van der Waals surface area contributed by atoms with Crippen molar-refractivity contribution in [3.05, 3.63) is 94.1 Å². The monoisotopic (exact) mass is 522 g/mol. The maximum absolute atomic E-state index is 13.7. The van der Waals surface area contributed by atoms with Gasteiger partial charge >= 0.3 is 0 Å². The minimum absolute atomic E-state index is 0.153. The highest BCUT2D eigenvalue weighted by molar-refractivity contribution is 7.15. The van der Waals surface area contributed by atoms with Gasteiger partial charge in [-0.1, -0.05) is 47.7 Å². The van der Waals surface area contributed by atoms with E-state index in [0.29, 0.717) is 18.7 Å². The Morgan fingerprint density at radius 3 is 2.19 bits per heavy atom. The summed E-state index contributed by atoms with van der Waals surface area (Å²) < 4.78 is 27.4. The Balaban J connectivity index is 1.16. The van der Waals surface area contributed by atoms with E-state index in [1.165, 1.54) is 17.4 Å². The second-order valence-electron chi connectivity index (χ2n) is 8.25. The average Bonchev–Trinajstić information content (AvgIpc) is 3.32. The van der Waals surface area contributed by atoms with E-state index in [4.69, 9.17) is 0 Å². The molecule has 0 fully saturated rings. The van der Waals surface area contributed by atoms with Crippen LogP contribution in [0.5, 0.6) is 0 Å². The standard InChI is InChI=1S/C26H24F2N6O2S/c27-20-10-6-11-21(28)19(20)16-24(36)30-26-34-33-25(37-26)12-5-4-9-18-13-14-22(32-31-18)29-23(35)15-17-7-2-1-3-8-17/h1-3,6-8,10-11,13-14H,4-5,9,12,15-16H2,(H,29,32,35)(H,30,34,36). The van der Waals surface area contributed by atoms with E-state index in [9.17, 15) is 18.4 Å². The van der Waals surface area contributed by atoms with E-state index in [1.54, 1.807) is 6.07 Å². The average molecular weight is 523 g/mol. The summed E-state index contributed by atoms with van der Waals surface area (Å²) in [6.45, 7) is 0. The number of unbranched alkanes of at least 4 members (excludes halogenated alkanes) is 1. The van der Waals surface area contributed by atoms with Crippen LogP contribution in [0.15, 0.2) is 60.7 Å². The number of carbonyl (C=O) groups excluding carboxylic acids is 2. The number of nitrogens with one attached hydrogen (secondary N) is 2. The zero-order valence-electron chi connectivity index (χ0n) is 19.8. The Kier molecular flexibility index (Phi) is 8.93. The van der Waals surface area contributed by atoms with E-state index < -0.39 is 24.0 Å². The van der Waals surface area contributed by atoms with Crippen molar-refractivity contribution in [2.24, 2.45) is 0 Å². The zero-order valence-corrected chi connectivity index (χ0v) is 20.6. The highest BCUT2D eigenvalue weighted by Crippen LogP contribution is 2.19. The van der Waals surface area contributed by atoms with Crippen molar-refractivity contribution >= 4 is 34.1 Å². The molecule has 2 heterocycles. The molecule has 4 aromatic rings. The number of aromatic nitrogens is 4. The molecule has 2 N–H and O–H groups in total. The van der Waals surface area contributed by atoms with Crippen LogP contribution in [0.3, 0.4) is 0 Å². The minimum Gasteiger partial charge on any atom is -0.309 e. The fraction of sp³-hybridized carbons (Fsp3) is 0.231.